The molecule has 0 saturated heterocycles. The highest BCUT2D eigenvalue weighted by molar-refractivity contribution is 7.91. The predicted octanol–water partition coefficient (Wildman–Crippen LogP) is 3.16. The molecule has 4 amide bonds. The molecule has 0 radical (unpaired) electrons. The van der Waals surface area contributed by atoms with Crippen molar-refractivity contribution in [2.75, 3.05) is 11.9 Å². The maximum absolute atomic E-state index is 13.6. The third-order valence-electron chi connectivity index (χ3n) is 10.4. The van der Waals surface area contributed by atoms with Crippen molar-refractivity contribution < 1.29 is 32.4 Å². The van der Waals surface area contributed by atoms with E-state index in [1.54, 1.807) is 0 Å². The van der Waals surface area contributed by atoms with Gasteiger partial charge in [0.2, 0.25) is 9.84 Å². The summed E-state index contributed by atoms with van der Waals surface area (Å²) in [7, 11) is -1.57. The lowest BCUT2D eigenvalue weighted by Gasteiger charge is -2.14. The average Bonchev–Trinajstić information content (AvgIpc) is 3.79. The minimum Gasteiger partial charge on any atom is -0.289 e. The second kappa shape index (κ2) is 12.7. The number of rotatable bonds is 6. The standard InChI is InChI=1S/C41H22N4O11S.CH4/c1-42-34(47)25-13-3-19(15-27(25)35(42)48)33(46)20-4-14-26-28(16-20)39(52)44(38(26)51)21-5-9-23(10-6-21)57(55,56)24-11-7-22(8-12-24)45-40(53)31-17-29-30(18-32(31)41(45)54)37(50)43(2)36(29)49;/h3-18H,1-2H3;1H4. The number of hydrogen-bond donors (Lipinski definition) is 0. The Morgan fingerprint density at radius 1 is 0.466 bits per heavy atom. The van der Waals surface area contributed by atoms with Gasteiger partial charge in [0.25, 0.3) is 45.9 Å². The molecule has 16 heteroatoms. The second-order valence-corrected chi connectivity index (χ2v) is 15.5. The summed E-state index contributed by atoms with van der Waals surface area (Å²) in [4.78, 5) is 118. The summed E-state index contributed by atoms with van der Waals surface area (Å²) in [6.45, 7) is 0. The smallest absolute Gasteiger partial charge is 0.266 e. The third kappa shape index (κ3) is 5.04. The van der Waals surface area contributed by atoms with E-state index >= 15 is 0 Å². The van der Waals surface area contributed by atoms with Gasteiger partial charge in [-0.25, -0.2) is 17.9 Å². The lowest BCUT2D eigenvalue weighted by molar-refractivity contribution is 0.0692. The SMILES string of the molecule is C.CN1C(=O)c2ccc(C(=O)c3ccc4c(c3)C(=O)N(c3ccc(S(=O)(=O)c5ccc(-n6c(=O)c7cc8c(=O)n(C)c(=O)c8cc7c6=O)cc5)cc3)C4=O)cc2C1=O. The van der Waals surface area contributed by atoms with E-state index in [0.29, 0.717) is 0 Å². The van der Waals surface area contributed by atoms with Gasteiger partial charge in [-0.15, -0.1) is 0 Å². The van der Waals surface area contributed by atoms with Gasteiger partial charge in [-0.2, -0.15) is 0 Å². The minimum absolute atomic E-state index is 0. The summed E-state index contributed by atoms with van der Waals surface area (Å²) in [5.74, 6) is -3.04. The Balaban J connectivity index is 0.00000469. The fourth-order valence-corrected chi connectivity index (χ4v) is 8.56. The molecule has 7 aromatic rings. The van der Waals surface area contributed by atoms with Crippen LogP contribution >= 0.6 is 0 Å². The molecule has 9 rings (SSSR count). The summed E-state index contributed by atoms with van der Waals surface area (Å²) < 4.78 is 28.9. The highest BCUT2D eigenvalue weighted by Crippen LogP contribution is 2.32. The van der Waals surface area contributed by atoms with Crippen molar-refractivity contribution in [1.82, 2.24) is 14.0 Å². The van der Waals surface area contributed by atoms with Crippen LogP contribution in [0.3, 0.4) is 0 Å². The van der Waals surface area contributed by atoms with Gasteiger partial charge < -0.3 is 0 Å². The topological polar surface area (TPSA) is 204 Å². The molecule has 0 bridgehead atoms. The Morgan fingerprint density at radius 3 is 1.36 bits per heavy atom. The third-order valence-corrected chi connectivity index (χ3v) is 12.2. The van der Waals surface area contributed by atoms with Gasteiger partial charge in [0.1, 0.15) is 0 Å². The molecule has 0 saturated carbocycles. The highest BCUT2D eigenvalue weighted by atomic mass is 32.2. The number of carbonyl (C=O) groups excluding carboxylic acids is 5. The molecule has 2 aliphatic heterocycles. The number of nitrogens with zero attached hydrogens (tertiary/aromatic N) is 4. The molecule has 0 spiro atoms. The molecule has 15 nitrogen and oxygen atoms in total. The molecule has 58 heavy (non-hydrogen) atoms. The zero-order chi connectivity index (χ0) is 40.4. The van der Waals surface area contributed by atoms with E-state index in [-0.39, 0.29) is 83.5 Å². The fraction of sp³-hybridized carbons (Fsp3) is 0.0714. The molecule has 0 atom stereocenters. The van der Waals surface area contributed by atoms with Gasteiger partial charge in [-0.3, -0.25) is 52.6 Å². The van der Waals surface area contributed by atoms with E-state index < -0.39 is 61.5 Å². The van der Waals surface area contributed by atoms with Gasteiger partial charge in [-0.05, 0) is 84.9 Å². The lowest BCUT2D eigenvalue weighted by atomic mass is 9.96. The van der Waals surface area contributed by atoms with Gasteiger partial charge in [0.15, 0.2) is 5.78 Å². The first-order valence-corrected chi connectivity index (χ1v) is 18.5. The molecular weight excluding hydrogens is 769 g/mol. The van der Waals surface area contributed by atoms with Crippen LogP contribution in [0.5, 0.6) is 0 Å². The number of benzene rings is 5. The maximum Gasteiger partial charge on any atom is 0.266 e. The molecule has 2 aliphatic rings. The van der Waals surface area contributed by atoms with E-state index in [1.807, 2.05) is 0 Å². The first-order chi connectivity index (χ1) is 27.1. The number of aromatic nitrogens is 2. The van der Waals surface area contributed by atoms with Crippen LogP contribution in [0.25, 0.3) is 27.2 Å². The summed E-state index contributed by atoms with van der Waals surface area (Å²) in [5, 5.41) is -0.135. The van der Waals surface area contributed by atoms with Crippen molar-refractivity contribution in [3.05, 3.63) is 172 Å². The quantitative estimate of drug-likeness (QED) is 0.177. The van der Waals surface area contributed by atoms with Gasteiger partial charge >= 0.3 is 0 Å². The number of amides is 4. The Kier molecular flexibility index (Phi) is 8.12. The molecular formula is C42H26N4O11S. The number of imide groups is 2. The van der Waals surface area contributed by atoms with Crippen LogP contribution in [0.2, 0.25) is 0 Å². The Morgan fingerprint density at radius 2 is 0.862 bits per heavy atom. The maximum atomic E-state index is 13.6. The average molecular weight is 795 g/mol. The summed E-state index contributed by atoms with van der Waals surface area (Å²) >= 11 is 0. The predicted molar refractivity (Wildman–Crippen MR) is 210 cm³/mol. The number of ketones is 1. The van der Waals surface area contributed by atoms with Crippen LogP contribution in [-0.4, -0.2) is 58.9 Å². The van der Waals surface area contributed by atoms with Crippen molar-refractivity contribution >= 4 is 66.5 Å². The number of fused-ring (bicyclic) bond motifs is 4. The summed E-state index contributed by atoms with van der Waals surface area (Å²) in [5.41, 5.74) is -2.26. The molecule has 0 fully saturated rings. The van der Waals surface area contributed by atoms with E-state index in [4.69, 9.17) is 0 Å². The van der Waals surface area contributed by atoms with E-state index in [2.05, 4.69) is 0 Å². The van der Waals surface area contributed by atoms with Crippen molar-refractivity contribution in [3.63, 3.8) is 0 Å². The van der Waals surface area contributed by atoms with Gasteiger partial charge in [-0.1, -0.05) is 19.6 Å². The molecule has 2 aromatic heterocycles. The monoisotopic (exact) mass is 794 g/mol. The molecule has 286 valence electrons. The van der Waals surface area contributed by atoms with Crippen LogP contribution in [0, 0.1) is 0 Å². The molecule has 0 unspecified atom stereocenters. The van der Waals surface area contributed by atoms with Crippen LogP contribution < -0.4 is 27.1 Å². The number of carbonyl (C=O) groups is 5. The van der Waals surface area contributed by atoms with Crippen molar-refractivity contribution in [1.29, 1.82) is 0 Å². The first kappa shape index (κ1) is 37.2. The lowest BCUT2D eigenvalue weighted by Crippen LogP contribution is -2.29. The minimum atomic E-state index is -4.20. The second-order valence-electron chi connectivity index (χ2n) is 13.5. The van der Waals surface area contributed by atoms with Crippen LogP contribution in [0.1, 0.15) is 64.8 Å². The summed E-state index contributed by atoms with van der Waals surface area (Å²) in [6, 6.07) is 20.4. The molecule has 4 heterocycles. The number of hydrogen-bond acceptors (Lipinski definition) is 11. The van der Waals surface area contributed by atoms with Crippen molar-refractivity contribution in [3.8, 4) is 5.69 Å². The van der Waals surface area contributed by atoms with Crippen LogP contribution in [0.4, 0.5) is 5.69 Å². The molecule has 0 aliphatic carbocycles. The Hall–Kier alpha value is -7.72. The zero-order valence-electron chi connectivity index (χ0n) is 29.4. The molecule has 5 aromatic carbocycles. The van der Waals surface area contributed by atoms with Crippen molar-refractivity contribution in [2.45, 2.75) is 17.2 Å². The number of sulfone groups is 1. The molecule has 0 N–H and O–H groups in total. The van der Waals surface area contributed by atoms with E-state index in [0.717, 1.165) is 18.9 Å². The Labute approximate surface area is 325 Å². The van der Waals surface area contributed by atoms with E-state index in [1.165, 1.54) is 111 Å². The zero-order valence-corrected chi connectivity index (χ0v) is 30.2. The Bertz CT molecular complexity index is 3330. The fourth-order valence-electron chi connectivity index (χ4n) is 7.30. The number of anilines is 1. The highest BCUT2D eigenvalue weighted by Gasteiger charge is 2.38. The van der Waals surface area contributed by atoms with Crippen LogP contribution in [0.15, 0.2) is 126 Å². The first-order valence-electron chi connectivity index (χ1n) is 17.0. The van der Waals surface area contributed by atoms with E-state index in [9.17, 15) is 51.6 Å². The summed E-state index contributed by atoms with van der Waals surface area (Å²) in [6.07, 6.45) is 0. The van der Waals surface area contributed by atoms with Gasteiger partial charge in [0, 0.05) is 25.2 Å². The van der Waals surface area contributed by atoms with Crippen LogP contribution in [-0.2, 0) is 16.9 Å². The largest absolute Gasteiger partial charge is 0.289 e. The van der Waals surface area contributed by atoms with Gasteiger partial charge in [0.05, 0.1) is 65.0 Å². The van der Waals surface area contributed by atoms with Crippen molar-refractivity contribution in [2.24, 2.45) is 7.05 Å². The normalized spacial score (nSPS) is 13.8.